The summed E-state index contributed by atoms with van der Waals surface area (Å²) in [6, 6.07) is 0. The van der Waals surface area contributed by atoms with Gasteiger partial charge < -0.3 is 14.2 Å². The van der Waals surface area contributed by atoms with Gasteiger partial charge >= 0.3 is 17.9 Å². The van der Waals surface area contributed by atoms with Gasteiger partial charge in [-0.05, 0) is 64.2 Å². The average molecular weight is 831 g/mol. The maximum absolute atomic E-state index is 12.7. The lowest BCUT2D eigenvalue weighted by Crippen LogP contribution is -2.30. The van der Waals surface area contributed by atoms with Gasteiger partial charge in [0.1, 0.15) is 13.2 Å². The Morgan fingerprint density at radius 3 is 0.949 bits per heavy atom. The van der Waals surface area contributed by atoms with Crippen LogP contribution in [0.25, 0.3) is 0 Å². The fourth-order valence-corrected chi connectivity index (χ4v) is 7.50. The molecule has 346 valence electrons. The van der Waals surface area contributed by atoms with Crippen molar-refractivity contribution in [2.45, 2.75) is 284 Å². The molecule has 1 unspecified atom stereocenters. The van der Waals surface area contributed by atoms with E-state index in [2.05, 4.69) is 45.1 Å². The first-order valence-electron chi connectivity index (χ1n) is 25.8. The predicted molar refractivity (Wildman–Crippen MR) is 252 cm³/mol. The Kier molecular flexibility index (Phi) is 46.8. The Labute approximate surface area is 366 Å². The van der Waals surface area contributed by atoms with Crippen LogP contribution in [0.2, 0.25) is 0 Å². The molecule has 0 aromatic rings. The third-order valence-corrected chi connectivity index (χ3v) is 11.4. The second-order valence-corrected chi connectivity index (χ2v) is 17.4. The highest BCUT2D eigenvalue weighted by Gasteiger charge is 2.19. The van der Waals surface area contributed by atoms with Crippen LogP contribution in [0.1, 0.15) is 278 Å². The normalized spacial score (nSPS) is 12.1. The molecule has 59 heavy (non-hydrogen) atoms. The van der Waals surface area contributed by atoms with E-state index in [9.17, 15) is 14.4 Å². The number of unbranched alkanes of at least 4 members (excludes halogenated alkanes) is 32. The molecule has 0 N–H and O–H groups in total. The molecule has 0 amide bonds. The zero-order valence-corrected chi connectivity index (χ0v) is 39.5. The minimum Gasteiger partial charge on any atom is -0.462 e. The van der Waals surface area contributed by atoms with Gasteiger partial charge in [0.05, 0.1) is 0 Å². The number of rotatable bonds is 47. The molecule has 1 atom stereocenters. The molecule has 0 heterocycles. The number of hydrogen-bond acceptors (Lipinski definition) is 6. The number of carbonyl (C=O) groups is 3. The summed E-state index contributed by atoms with van der Waals surface area (Å²) in [5, 5.41) is 0. The van der Waals surface area contributed by atoms with E-state index in [1.807, 2.05) is 0 Å². The molecule has 0 aromatic heterocycles. The van der Waals surface area contributed by atoms with Gasteiger partial charge in [0.2, 0.25) is 0 Å². The summed E-state index contributed by atoms with van der Waals surface area (Å²) in [6.45, 7) is 6.56. The molecule has 0 spiro atoms. The van der Waals surface area contributed by atoms with E-state index in [0.29, 0.717) is 19.3 Å². The zero-order chi connectivity index (χ0) is 43.0. The highest BCUT2D eigenvalue weighted by Crippen LogP contribution is 2.16. The lowest BCUT2D eigenvalue weighted by molar-refractivity contribution is -0.167. The quantitative estimate of drug-likeness (QED) is 0.0263. The van der Waals surface area contributed by atoms with E-state index in [1.54, 1.807) is 0 Å². The maximum Gasteiger partial charge on any atom is 0.306 e. The van der Waals surface area contributed by atoms with Crippen molar-refractivity contribution in [1.82, 2.24) is 0 Å². The maximum atomic E-state index is 12.7. The minimum atomic E-state index is -0.773. The Balaban J connectivity index is 4.25. The molecule has 0 aliphatic rings. The van der Waals surface area contributed by atoms with E-state index in [4.69, 9.17) is 14.2 Å². The highest BCUT2D eigenvalue weighted by molar-refractivity contribution is 5.71. The van der Waals surface area contributed by atoms with Gasteiger partial charge in [0.25, 0.3) is 0 Å². The second kappa shape index (κ2) is 48.6. The fourth-order valence-electron chi connectivity index (χ4n) is 7.50. The molecule has 0 saturated carbocycles. The lowest BCUT2D eigenvalue weighted by Gasteiger charge is -2.18. The first-order chi connectivity index (χ1) is 29.0. The van der Waals surface area contributed by atoms with Gasteiger partial charge in [-0.2, -0.15) is 0 Å². The number of ether oxygens (including phenoxy) is 3. The van der Waals surface area contributed by atoms with Crippen LogP contribution in [0.3, 0.4) is 0 Å². The van der Waals surface area contributed by atoms with Crippen LogP contribution in [-0.2, 0) is 28.6 Å². The van der Waals surface area contributed by atoms with Crippen LogP contribution < -0.4 is 0 Å². The molecule has 0 fully saturated rings. The van der Waals surface area contributed by atoms with E-state index in [0.717, 1.165) is 77.0 Å². The summed E-state index contributed by atoms with van der Waals surface area (Å²) in [5.41, 5.74) is 0. The van der Waals surface area contributed by atoms with Gasteiger partial charge in [-0.3, -0.25) is 14.4 Å². The lowest BCUT2D eigenvalue weighted by atomic mass is 10.0. The zero-order valence-electron chi connectivity index (χ0n) is 39.5. The van der Waals surface area contributed by atoms with Crippen LogP contribution in [0.15, 0.2) is 24.3 Å². The Morgan fingerprint density at radius 2 is 0.593 bits per heavy atom. The highest BCUT2D eigenvalue weighted by atomic mass is 16.6. The van der Waals surface area contributed by atoms with Crippen molar-refractivity contribution >= 4 is 17.9 Å². The molecule has 0 bridgehead atoms. The molecule has 0 aliphatic carbocycles. The summed E-state index contributed by atoms with van der Waals surface area (Å²) in [4.78, 5) is 37.8. The van der Waals surface area contributed by atoms with Crippen molar-refractivity contribution in [3.63, 3.8) is 0 Å². The van der Waals surface area contributed by atoms with Crippen LogP contribution >= 0.6 is 0 Å². The smallest absolute Gasteiger partial charge is 0.306 e. The number of hydrogen-bond donors (Lipinski definition) is 0. The summed E-state index contributed by atoms with van der Waals surface area (Å²) in [5.74, 6) is -0.883. The molecular weight excluding hydrogens is 733 g/mol. The van der Waals surface area contributed by atoms with Crippen molar-refractivity contribution < 1.29 is 28.6 Å². The molecule has 6 heteroatoms. The van der Waals surface area contributed by atoms with Crippen molar-refractivity contribution in [1.29, 1.82) is 0 Å². The molecular formula is C53H98O6. The summed E-state index contributed by atoms with van der Waals surface area (Å²) < 4.78 is 16.8. The SMILES string of the molecule is CCC/C=C\CCCCCCCC(=O)OCC(COC(=O)CCCCCCCCCCCCCCCCCCCCC)OC(=O)CCCCCCC/C=C\CCCCC. The summed E-state index contributed by atoms with van der Waals surface area (Å²) >= 11 is 0. The summed E-state index contributed by atoms with van der Waals surface area (Å²) in [6.07, 6.45) is 54.6. The number of allylic oxidation sites excluding steroid dienone is 4. The minimum absolute atomic E-state index is 0.0738. The van der Waals surface area contributed by atoms with Gasteiger partial charge in [-0.25, -0.2) is 0 Å². The van der Waals surface area contributed by atoms with Crippen LogP contribution in [-0.4, -0.2) is 37.2 Å². The van der Waals surface area contributed by atoms with Gasteiger partial charge in [-0.1, -0.05) is 218 Å². The van der Waals surface area contributed by atoms with Crippen LogP contribution in [0.4, 0.5) is 0 Å². The Morgan fingerprint density at radius 1 is 0.322 bits per heavy atom. The van der Waals surface area contributed by atoms with Crippen LogP contribution in [0, 0.1) is 0 Å². The molecule has 0 rings (SSSR count). The standard InChI is InChI=1S/C53H98O6/c1-4-7-10-13-16-19-22-24-25-26-27-28-29-30-32-34-37-40-43-46-52(55)58-49-50(48-57-51(54)45-42-39-36-33-21-18-15-12-9-6-3)59-53(56)47-44-41-38-35-31-23-20-17-14-11-8-5-2/h12,15,17,20,50H,4-11,13-14,16,18-19,21-49H2,1-3H3/b15-12-,20-17-. The third kappa shape index (κ3) is 46.8. The second-order valence-electron chi connectivity index (χ2n) is 17.4. The van der Waals surface area contributed by atoms with Crippen molar-refractivity contribution in [3.05, 3.63) is 24.3 Å². The molecule has 0 aliphatic heterocycles. The van der Waals surface area contributed by atoms with Gasteiger partial charge in [0.15, 0.2) is 6.10 Å². The molecule has 0 radical (unpaired) electrons. The van der Waals surface area contributed by atoms with Crippen molar-refractivity contribution in [2.24, 2.45) is 0 Å². The van der Waals surface area contributed by atoms with Crippen molar-refractivity contribution in [2.75, 3.05) is 13.2 Å². The fraction of sp³-hybridized carbons (Fsp3) is 0.868. The predicted octanol–water partition coefficient (Wildman–Crippen LogP) is 16.8. The van der Waals surface area contributed by atoms with Gasteiger partial charge in [0, 0.05) is 19.3 Å². The van der Waals surface area contributed by atoms with E-state index in [-0.39, 0.29) is 31.1 Å². The number of esters is 3. The van der Waals surface area contributed by atoms with E-state index < -0.39 is 6.10 Å². The van der Waals surface area contributed by atoms with E-state index >= 15 is 0 Å². The number of carbonyl (C=O) groups excluding carboxylic acids is 3. The molecule has 0 aromatic carbocycles. The molecule has 0 saturated heterocycles. The van der Waals surface area contributed by atoms with Crippen LogP contribution in [0.5, 0.6) is 0 Å². The largest absolute Gasteiger partial charge is 0.462 e. The Hall–Kier alpha value is -2.11. The van der Waals surface area contributed by atoms with Gasteiger partial charge in [-0.15, -0.1) is 0 Å². The summed E-state index contributed by atoms with van der Waals surface area (Å²) in [7, 11) is 0. The monoisotopic (exact) mass is 831 g/mol. The first kappa shape index (κ1) is 56.9. The average Bonchev–Trinajstić information content (AvgIpc) is 3.23. The topological polar surface area (TPSA) is 78.9 Å². The van der Waals surface area contributed by atoms with E-state index in [1.165, 1.54) is 161 Å². The Bertz CT molecular complexity index is 958. The third-order valence-electron chi connectivity index (χ3n) is 11.4. The first-order valence-corrected chi connectivity index (χ1v) is 25.8. The van der Waals surface area contributed by atoms with Crippen molar-refractivity contribution in [3.8, 4) is 0 Å². The molecule has 6 nitrogen and oxygen atoms in total.